The van der Waals surface area contributed by atoms with Gasteiger partial charge in [-0.05, 0) is 38.5 Å². The van der Waals surface area contributed by atoms with Gasteiger partial charge in [0.15, 0.2) is 0 Å². The second-order valence-electron chi connectivity index (χ2n) is 6.38. The van der Waals surface area contributed by atoms with Crippen LogP contribution in [0.25, 0.3) is 0 Å². The van der Waals surface area contributed by atoms with E-state index in [0.717, 1.165) is 6.54 Å². The molecule has 0 heterocycles. The van der Waals surface area contributed by atoms with Crippen LogP contribution in [0.1, 0.15) is 60.8 Å². The number of amides is 1. The Morgan fingerprint density at radius 2 is 1.44 bits per heavy atom. The van der Waals surface area contributed by atoms with E-state index in [9.17, 15) is 4.79 Å². The van der Waals surface area contributed by atoms with Crippen LogP contribution in [0.3, 0.4) is 0 Å². The molecule has 0 atom stereocenters. The largest absolute Gasteiger partial charge is 0.354 e. The van der Waals surface area contributed by atoms with Crippen molar-refractivity contribution in [2.45, 2.75) is 72.9 Å². The number of hydrogen-bond donors (Lipinski definition) is 2. The van der Waals surface area contributed by atoms with Crippen LogP contribution in [0, 0.1) is 11.8 Å². The van der Waals surface area contributed by atoms with Crippen LogP contribution in [0.2, 0.25) is 0 Å². The van der Waals surface area contributed by atoms with Gasteiger partial charge in [0.25, 0.3) is 0 Å². The molecule has 0 aliphatic rings. The molecular formula is C15H32N2O. The SMILES string of the molecule is CC(C)CC(CC(C)C)NCCC(=O)NC(C)C. The summed E-state index contributed by atoms with van der Waals surface area (Å²) in [4.78, 5) is 11.5. The van der Waals surface area contributed by atoms with Crippen molar-refractivity contribution >= 4 is 5.91 Å². The van der Waals surface area contributed by atoms with Crippen molar-refractivity contribution in [3.8, 4) is 0 Å². The predicted octanol–water partition coefficient (Wildman–Crippen LogP) is 2.95. The highest BCUT2D eigenvalue weighted by Crippen LogP contribution is 2.13. The molecule has 3 heteroatoms. The van der Waals surface area contributed by atoms with Crippen molar-refractivity contribution in [2.24, 2.45) is 11.8 Å². The molecule has 0 saturated carbocycles. The summed E-state index contributed by atoms with van der Waals surface area (Å²) < 4.78 is 0. The average Bonchev–Trinajstić information content (AvgIpc) is 2.13. The monoisotopic (exact) mass is 256 g/mol. The van der Waals surface area contributed by atoms with Gasteiger partial charge in [-0.3, -0.25) is 4.79 Å². The number of nitrogens with one attached hydrogen (secondary N) is 2. The molecule has 0 aromatic rings. The molecule has 0 bridgehead atoms. The van der Waals surface area contributed by atoms with Crippen molar-refractivity contribution in [1.29, 1.82) is 0 Å². The van der Waals surface area contributed by atoms with Crippen LogP contribution in [-0.2, 0) is 4.79 Å². The Morgan fingerprint density at radius 1 is 0.944 bits per heavy atom. The molecule has 0 fully saturated rings. The third kappa shape index (κ3) is 10.6. The molecule has 1 amide bonds. The fourth-order valence-corrected chi connectivity index (χ4v) is 2.18. The second kappa shape index (κ2) is 9.37. The summed E-state index contributed by atoms with van der Waals surface area (Å²) in [5.41, 5.74) is 0. The molecule has 0 rings (SSSR count). The standard InChI is InChI=1S/C15H32N2O/c1-11(2)9-14(10-12(3)4)16-8-7-15(18)17-13(5)6/h11-14,16H,7-10H2,1-6H3,(H,17,18). The molecule has 0 aliphatic carbocycles. The van der Waals surface area contributed by atoms with Crippen LogP contribution in [0.4, 0.5) is 0 Å². The molecule has 0 spiro atoms. The lowest BCUT2D eigenvalue weighted by Gasteiger charge is -2.22. The summed E-state index contributed by atoms with van der Waals surface area (Å²) in [5, 5.41) is 6.44. The van der Waals surface area contributed by atoms with Gasteiger partial charge < -0.3 is 10.6 Å². The van der Waals surface area contributed by atoms with Gasteiger partial charge in [0.05, 0.1) is 0 Å². The van der Waals surface area contributed by atoms with E-state index < -0.39 is 0 Å². The van der Waals surface area contributed by atoms with Crippen molar-refractivity contribution in [1.82, 2.24) is 10.6 Å². The van der Waals surface area contributed by atoms with Crippen LogP contribution in [0.15, 0.2) is 0 Å². The molecule has 0 unspecified atom stereocenters. The summed E-state index contributed by atoms with van der Waals surface area (Å²) in [6.45, 7) is 13.8. The molecule has 0 aliphatic heterocycles. The van der Waals surface area contributed by atoms with E-state index in [4.69, 9.17) is 0 Å². The first-order chi connectivity index (χ1) is 8.31. The first-order valence-corrected chi connectivity index (χ1v) is 7.34. The third-order valence-electron chi connectivity index (χ3n) is 2.75. The maximum atomic E-state index is 11.5. The van der Waals surface area contributed by atoms with E-state index in [0.29, 0.717) is 24.3 Å². The third-order valence-corrected chi connectivity index (χ3v) is 2.75. The van der Waals surface area contributed by atoms with Crippen molar-refractivity contribution < 1.29 is 4.79 Å². The Balaban J connectivity index is 3.91. The Hall–Kier alpha value is -0.570. The van der Waals surface area contributed by atoms with Gasteiger partial charge in [-0.1, -0.05) is 27.7 Å². The lowest BCUT2D eigenvalue weighted by Crippen LogP contribution is -2.36. The van der Waals surface area contributed by atoms with E-state index in [1.807, 2.05) is 13.8 Å². The lowest BCUT2D eigenvalue weighted by atomic mass is 9.95. The van der Waals surface area contributed by atoms with Gasteiger partial charge in [0.2, 0.25) is 5.91 Å². The van der Waals surface area contributed by atoms with Gasteiger partial charge in [-0.25, -0.2) is 0 Å². The first kappa shape index (κ1) is 17.4. The predicted molar refractivity (Wildman–Crippen MR) is 78.6 cm³/mol. The maximum absolute atomic E-state index is 11.5. The number of carbonyl (C=O) groups excluding carboxylic acids is 1. The Bertz CT molecular complexity index is 215. The number of hydrogen-bond acceptors (Lipinski definition) is 2. The molecule has 0 saturated heterocycles. The Morgan fingerprint density at radius 3 is 1.83 bits per heavy atom. The molecule has 0 aromatic carbocycles. The highest BCUT2D eigenvalue weighted by molar-refractivity contribution is 5.76. The minimum atomic E-state index is 0.144. The summed E-state index contributed by atoms with van der Waals surface area (Å²) in [7, 11) is 0. The van der Waals surface area contributed by atoms with E-state index in [2.05, 4.69) is 38.3 Å². The fraction of sp³-hybridized carbons (Fsp3) is 0.933. The zero-order chi connectivity index (χ0) is 14.1. The lowest BCUT2D eigenvalue weighted by molar-refractivity contribution is -0.121. The first-order valence-electron chi connectivity index (χ1n) is 7.34. The summed E-state index contributed by atoms with van der Waals surface area (Å²) >= 11 is 0. The molecule has 0 radical (unpaired) electrons. The number of carbonyl (C=O) groups is 1. The topological polar surface area (TPSA) is 41.1 Å². The summed E-state index contributed by atoms with van der Waals surface area (Å²) in [5.74, 6) is 1.54. The van der Waals surface area contributed by atoms with Crippen molar-refractivity contribution in [3.63, 3.8) is 0 Å². The molecule has 18 heavy (non-hydrogen) atoms. The summed E-state index contributed by atoms with van der Waals surface area (Å²) in [6.07, 6.45) is 2.94. The van der Waals surface area contributed by atoms with Crippen molar-refractivity contribution in [3.05, 3.63) is 0 Å². The zero-order valence-electron chi connectivity index (χ0n) is 13.0. The minimum Gasteiger partial charge on any atom is -0.354 e. The van der Waals surface area contributed by atoms with E-state index in [1.165, 1.54) is 12.8 Å². The molecule has 3 nitrogen and oxygen atoms in total. The van der Waals surface area contributed by atoms with E-state index in [1.54, 1.807) is 0 Å². The van der Waals surface area contributed by atoms with E-state index >= 15 is 0 Å². The molecule has 108 valence electrons. The maximum Gasteiger partial charge on any atom is 0.221 e. The highest BCUT2D eigenvalue weighted by atomic mass is 16.1. The zero-order valence-corrected chi connectivity index (χ0v) is 13.0. The van der Waals surface area contributed by atoms with Crippen LogP contribution >= 0.6 is 0 Å². The van der Waals surface area contributed by atoms with Gasteiger partial charge in [-0.2, -0.15) is 0 Å². The van der Waals surface area contributed by atoms with Crippen LogP contribution < -0.4 is 10.6 Å². The van der Waals surface area contributed by atoms with Gasteiger partial charge in [0, 0.05) is 25.0 Å². The Kier molecular flexibility index (Phi) is 9.08. The van der Waals surface area contributed by atoms with Crippen molar-refractivity contribution in [2.75, 3.05) is 6.54 Å². The molecule has 0 aromatic heterocycles. The van der Waals surface area contributed by atoms with E-state index in [-0.39, 0.29) is 11.9 Å². The highest BCUT2D eigenvalue weighted by Gasteiger charge is 2.12. The number of rotatable bonds is 9. The van der Waals surface area contributed by atoms with Crippen LogP contribution in [-0.4, -0.2) is 24.5 Å². The molecular weight excluding hydrogens is 224 g/mol. The van der Waals surface area contributed by atoms with Gasteiger partial charge in [0.1, 0.15) is 0 Å². The van der Waals surface area contributed by atoms with Gasteiger partial charge >= 0.3 is 0 Å². The molecule has 2 N–H and O–H groups in total. The van der Waals surface area contributed by atoms with Crippen LogP contribution in [0.5, 0.6) is 0 Å². The average molecular weight is 256 g/mol. The van der Waals surface area contributed by atoms with Gasteiger partial charge in [-0.15, -0.1) is 0 Å². The smallest absolute Gasteiger partial charge is 0.221 e. The summed E-state index contributed by atoms with van der Waals surface area (Å²) in [6, 6.07) is 0.775. The quantitative estimate of drug-likeness (QED) is 0.666. The fourth-order valence-electron chi connectivity index (χ4n) is 2.18. The normalized spacial score (nSPS) is 11.9. The second-order valence-corrected chi connectivity index (χ2v) is 6.38. The Labute approximate surface area is 113 Å². The minimum absolute atomic E-state index is 0.144.